The topological polar surface area (TPSA) is 93.6 Å². The number of ether oxygens (including phenoxy) is 1. The van der Waals surface area contributed by atoms with E-state index < -0.39 is 47.2 Å². The van der Waals surface area contributed by atoms with Gasteiger partial charge in [0.25, 0.3) is 5.91 Å². The molecule has 5 aliphatic heterocycles. The molecule has 12 heteroatoms. The summed E-state index contributed by atoms with van der Waals surface area (Å²) in [4.78, 5) is 32.0. The molecule has 5 aliphatic rings. The molecule has 7 rings (SSSR count). The number of phenolic OH excluding ortho intramolecular Hbond substituents is 1. The van der Waals surface area contributed by atoms with E-state index in [2.05, 4.69) is 11.8 Å². The van der Waals surface area contributed by atoms with Crippen molar-refractivity contribution in [1.82, 2.24) is 9.80 Å². The first-order valence-electron chi connectivity index (χ1n) is 16.1. The van der Waals surface area contributed by atoms with Crippen LogP contribution < -0.4 is 4.90 Å². The molecule has 2 aromatic rings. The molecule has 0 bridgehead atoms. The molecule has 0 spiro atoms. The van der Waals surface area contributed by atoms with Crippen LogP contribution in [0.3, 0.4) is 0 Å². The van der Waals surface area contributed by atoms with Crippen molar-refractivity contribution >= 4 is 17.6 Å². The van der Waals surface area contributed by atoms with Gasteiger partial charge in [-0.2, -0.15) is 13.2 Å². The van der Waals surface area contributed by atoms with Crippen molar-refractivity contribution in [2.45, 2.75) is 67.9 Å². The number of halogens is 4. The number of benzene rings is 2. The van der Waals surface area contributed by atoms with Gasteiger partial charge < -0.3 is 24.7 Å². The number of hydrogen-bond acceptors (Lipinski definition) is 6. The lowest BCUT2D eigenvalue weighted by Crippen LogP contribution is -2.54. The van der Waals surface area contributed by atoms with Crippen LogP contribution in [0.25, 0.3) is 0 Å². The fourth-order valence-electron chi connectivity index (χ4n) is 8.83. The van der Waals surface area contributed by atoms with Crippen molar-refractivity contribution in [3.05, 3.63) is 59.2 Å². The highest BCUT2D eigenvalue weighted by atomic mass is 19.4. The largest absolute Gasteiger partial charge is 0.508 e. The van der Waals surface area contributed by atoms with Crippen LogP contribution in [0.1, 0.15) is 61.1 Å². The van der Waals surface area contributed by atoms with Crippen LogP contribution in [0.5, 0.6) is 5.75 Å². The SMILES string of the molecule is CC1(N2C[C@@H](c3ccc(O)cc3)[C@](F)(C(=O)N3C[C@@H]4c5ccc(C(F)(F)F)cc5N5CCC(C(=O)O)CC5[C@H]4C3)C2)CCOCC1. The smallest absolute Gasteiger partial charge is 0.416 e. The summed E-state index contributed by atoms with van der Waals surface area (Å²) in [5, 5.41) is 19.8. The third-order valence-electron chi connectivity index (χ3n) is 11.6. The molecule has 2 unspecified atom stereocenters. The van der Waals surface area contributed by atoms with Gasteiger partial charge in [-0.1, -0.05) is 18.2 Å². The number of amides is 1. The molecule has 2 aromatic carbocycles. The maximum Gasteiger partial charge on any atom is 0.416 e. The Kier molecular flexibility index (Phi) is 7.54. The Bertz CT molecular complexity index is 1510. The summed E-state index contributed by atoms with van der Waals surface area (Å²) in [5.74, 6) is -3.60. The lowest BCUT2D eigenvalue weighted by atomic mass is 9.73. The number of anilines is 1. The van der Waals surface area contributed by atoms with Crippen molar-refractivity contribution in [3.8, 4) is 5.75 Å². The molecule has 0 radical (unpaired) electrons. The first-order chi connectivity index (χ1) is 21.8. The van der Waals surface area contributed by atoms with Gasteiger partial charge in [-0.15, -0.1) is 0 Å². The lowest BCUT2D eigenvalue weighted by Gasteiger charge is -2.49. The van der Waals surface area contributed by atoms with Gasteiger partial charge in [0.2, 0.25) is 5.67 Å². The van der Waals surface area contributed by atoms with Gasteiger partial charge in [0.1, 0.15) is 5.75 Å². The molecular weight excluding hydrogens is 606 g/mol. The third kappa shape index (κ3) is 5.12. The van der Waals surface area contributed by atoms with E-state index in [9.17, 15) is 33.0 Å². The Hall–Kier alpha value is -3.38. The highest BCUT2D eigenvalue weighted by molar-refractivity contribution is 5.88. The van der Waals surface area contributed by atoms with Gasteiger partial charge in [-0.05, 0) is 68.0 Å². The Morgan fingerprint density at radius 3 is 2.41 bits per heavy atom. The van der Waals surface area contributed by atoms with Gasteiger partial charge in [0.15, 0.2) is 0 Å². The van der Waals surface area contributed by atoms with Crippen LogP contribution in [0.4, 0.5) is 23.2 Å². The Balaban J connectivity index is 1.23. The average molecular weight is 646 g/mol. The fraction of sp³-hybridized carbons (Fsp3) is 0.588. The highest BCUT2D eigenvalue weighted by Crippen LogP contribution is 2.52. The minimum absolute atomic E-state index is 0.0402. The number of piperidine rings is 1. The second-order valence-corrected chi connectivity index (χ2v) is 14.1. The van der Waals surface area contributed by atoms with Crippen LogP contribution in [-0.4, -0.2) is 95.1 Å². The van der Waals surface area contributed by atoms with Crippen LogP contribution >= 0.6 is 0 Å². The van der Waals surface area contributed by atoms with E-state index in [1.807, 2.05) is 4.90 Å². The number of hydrogen-bond donors (Lipinski definition) is 2. The number of carboxylic acids is 1. The first-order valence-corrected chi connectivity index (χ1v) is 16.1. The first kappa shape index (κ1) is 31.2. The predicted octanol–water partition coefficient (Wildman–Crippen LogP) is 5.01. The number of carbonyl (C=O) groups is 2. The van der Waals surface area contributed by atoms with E-state index in [1.165, 1.54) is 23.1 Å². The summed E-state index contributed by atoms with van der Waals surface area (Å²) in [6.07, 6.45) is -2.58. The second kappa shape index (κ2) is 11.1. The number of fused-ring (bicyclic) bond motifs is 6. The Labute approximate surface area is 264 Å². The second-order valence-electron chi connectivity index (χ2n) is 14.1. The fourth-order valence-corrected chi connectivity index (χ4v) is 8.83. The molecule has 0 saturated carbocycles. The number of aromatic hydroxyl groups is 1. The highest BCUT2D eigenvalue weighted by Gasteiger charge is 2.60. The van der Waals surface area contributed by atoms with Crippen molar-refractivity contribution in [2.75, 3.05) is 50.8 Å². The van der Waals surface area contributed by atoms with E-state index in [1.54, 1.807) is 12.1 Å². The Morgan fingerprint density at radius 1 is 1.02 bits per heavy atom. The van der Waals surface area contributed by atoms with Gasteiger partial charge >= 0.3 is 12.1 Å². The Morgan fingerprint density at radius 2 is 1.74 bits per heavy atom. The molecule has 6 atom stereocenters. The average Bonchev–Trinajstić information content (AvgIpc) is 3.64. The summed E-state index contributed by atoms with van der Waals surface area (Å²) in [5.41, 5.74) is -1.70. The number of alkyl halides is 4. The molecule has 248 valence electrons. The summed E-state index contributed by atoms with van der Waals surface area (Å²) >= 11 is 0. The zero-order valence-electron chi connectivity index (χ0n) is 25.7. The molecule has 46 heavy (non-hydrogen) atoms. The van der Waals surface area contributed by atoms with Crippen LogP contribution in [0, 0.1) is 11.8 Å². The number of nitrogens with zero attached hydrogens (tertiary/aromatic N) is 3. The molecule has 2 N–H and O–H groups in total. The summed E-state index contributed by atoms with van der Waals surface area (Å²) in [6.45, 7) is 3.99. The number of phenols is 1. The summed E-state index contributed by atoms with van der Waals surface area (Å²) < 4.78 is 64.6. The maximum atomic E-state index is 17.7. The molecule has 8 nitrogen and oxygen atoms in total. The summed E-state index contributed by atoms with van der Waals surface area (Å²) in [6, 6.07) is 9.59. The molecule has 4 saturated heterocycles. The van der Waals surface area contributed by atoms with Crippen molar-refractivity contribution in [3.63, 3.8) is 0 Å². The molecule has 1 amide bonds. The maximum absolute atomic E-state index is 17.7. The minimum Gasteiger partial charge on any atom is -0.508 e. The van der Waals surface area contributed by atoms with Crippen LogP contribution in [-0.2, 0) is 20.5 Å². The molecule has 5 heterocycles. The van der Waals surface area contributed by atoms with Crippen LogP contribution in [0.2, 0.25) is 0 Å². The molecular formula is C34H39F4N3O5. The number of aliphatic carboxylic acids is 1. The number of carbonyl (C=O) groups excluding carboxylic acids is 1. The number of carboxylic acid groups (broad SMARTS) is 1. The van der Waals surface area contributed by atoms with Crippen molar-refractivity contribution in [1.29, 1.82) is 0 Å². The van der Waals surface area contributed by atoms with Crippen molar-refractivity contribution in [2.24, 2.45) is 11.8 Å². The van der Waals surface area contributed by atoms with Gasteiger partial charge in [-0.3, -0.25) is 14.5 Å². The standard InChI is InChI=1S/C34H39F4N3O5/c1-32(9-12-46-13-10-32)40-18-27(20-2-5-23(42)6-3-20)33(35,19-40)31(45)39-16-25-24-7-4-22(34(36,37)38)15-29(24)41-11-8-21(30(43)44)14-28(41)26(25)17-39/h2-7,15,21,25-28,42H,8-14,16-19H2,1H3,(H,43,44)/t21?,25-,26+,27+,28?,33+/m1/s1. The predicted molar refractivity (Wildman–Crippen MR) is 160 cm³/mol. The van der Waals surface area contributed by atoms with Gasteiger partial charge in [0, 0.05) is 81.0 Å². The minimum atomic E-state index is -4.54. The lowest BCUT2D eigenvalue weighted by molar-refractivity contribution is -0.144. The van der Waals surface area contributed by atoms with E-state index in [4.69, 9.17) is 4.74 Å². The third-order valence-corrected chi connectivity index (χ3v) is 11.6. The van der Waals surface area contributed by atoms with E-state index in [0.29, 0.717) is 62.4 Å². The van der Waals surface area contributed by atoms with Gasteiger partial charge in [-0.25, -0.2) is 4.39 Å². The monoisotopic (exact) mass is 645 g/mol. The van der Waals surface area contributed by atoms with Crippen molar-refractivity contribution < 1.29 is 42.1 Å². The zero-order valence-corrected chi connectivity index (χ0v) is 25.7. The normalized spacial score (nSPS) is 32.5. The van der Waals surface area contributed by atoms with E-state index in [0.717, 1.165) is 12.1 Å². The van der Waals surface area contributed by atoms with Gasteiger partial charge in [0.05, 0.1) is 11.5 Å². The van der Waals surface area contributed by atoms with E-state index >= 15 is 4.39 Å². The summed E-state index contributed by atoms with van der Waals surface area (Å²) in [7, 11) is 0. The number of rotatable bonds is 4. The quantitative estimate of drug-likeness (QED) is 0.452. The van der Waals surface area contributed by atoms with Crippen LogP contribution in [0.15, 0.2) is 42.5 Å². The van der Waals surface area contributed by atoms with E-state index in [-0.39, 0.29) is 49.2 Å². The molecule has 4 fully saturated rings. The number of likely N-dealkylation sites (tertiary alicyclic amines) is 2. The molecule has 0 aromatic heterocycles. The zero-order chi connectivity index (χ0) is 32.6. The molecule has 0 aliphatic carbocycles.